The highest BCUT2D eigenvalue weighted by atomic mass is 16.5. The Morgan fingerprint density at radius 1 is 1.24 bits per heavy atom. The number of carbonyl (C=O) groups excluding carboxylic acids is 1. The van der Waals surface area contributed by atoms with Gasteiger partial charge in [-0.05, 0) is 25.7 Å². The second-order valence-electron chi connectivity index (χ2n) is 4.99. The Hall–Kier alpha value is -2.44. The van der Waals surface area contributed by atoms with Crippen molar-refractivity contribution in [1.29, 1.82) is 0 Å². The van der Waals surface area contributed by atoms with Crippen LogP contribution >= 0.6 is 0 Å². The number of rotatable bonds is 4. The van der Waals surface area contributed by atoms with Crippen LogP contribution in [0.3, 0.4) is 0 Å². The summed E-state index contributed by atoms with van der Waals surface area (Å²) in [4.78, 5) is 19.9. The zero-order valence-corrected chi connectivity index (χ0v) is 11.4. The molecule has 2 aromatic heterocycles. The van der Waals surface area contributed by atoms with Crippen LogP contribution in [0.4, 0.5) is 0 Å². The topological polar surface area (TPSA) is 90.1 Å². The zero-order chi connectivity index (χ0) is 14.5. The van der Waals surface area contributed by atoms with Crippen LogP contribution in [0.15, 0.2) is 35.4 Å². The van der Waals surface area contributed by atoms with E-state index in [9.17, 15) is 4.79 Å². The average Bonchev–Trinajstić information content (AvgIpc) is 3.05. The minimum Gasteiger partial charge on any atom is -0.473 e. The van der Waals surface area contributed by atoms with Crippen molar-refractivity contribution in [2.24, 2.45) is 0 Å². The number of aromatic nitrogens is 3. The van der Waals surface area contributed by atoms with Gasteiger partial charge in [0.2, 0.25) is 11.6 Å². The van der Waals surface area contributed by atoms with E-state index in [1.54, 1.807) is 24.7 Å². The molecule has 7 nitrogen and oxygen atoms in total. The fourth-order valence-electron chi connectivity index (χ4n) is 2.43. The lowest BCUT2D eigenvalue weighted by atomic mass is 9.93. The van der Waals surface area contributed by atoms with Crippen LogP contribution in [0.25, 0.3) is 0 Å². The SMILES string of the molecule is O=C(NC1CCC(Oc2cnccn2)CC1)c1ccno1. The van der Waals surface area contributed by atoms with Crippen LogP contribution in [-0.4, -0.2) is 33.2 Å². The molecule has 110 valence electrons. The molecule has 0 atom stereocenters. The molecule has 1 fully saturated rings. The van der Waals surface area contributed by atoms with E-state index in [1.807, 2.05) is 0 Å². The third kappa shape index (κ3) is 3.56. The lowest BCUT2D eigenvalue weighted by molar-refractivity contribution is 0.0854. The third-order valence-electron chi connectivity index (χ3n) is 3.50. The molecule has 0 saturated heterocycles. The molecule has 0 aromatic carbocycles. The first kappa shape index (κ1) is 13.5. The predicted molar refractivity (Wildman–Crippen MR) is 72.7 cm³/mol. The summed E-state index contributed by atoms with van der Waals surface area (Å²) in [5.74, 6) is 0.574. The summed E-state index contributed by atoms with van der Waals surface area (Å²) in [7, 11) is 0. The van der Waals surface area contributed by atoms with E-state index in [0.717, 1.165) is 25.7 Å². The number of hydrogen-bond donors (Lipinski definition) is 1. The Bertz CT molecular complexity index is 565. The second-order valence-corrected chi connectivity index (χ2v) is 4.99. The molecule has 2 heterocycles. The van der Waals surface area contributed by atoms with Crippen molar-refractivity contribution in [2.75, 3.05) is 0 Å². The van der Waals surface area contributed by atoms with Gasteiger partial charge in [0.1, 0.15) is 6.10 Å². The maximum absolute atomic E-state index is 11.9. The van der Waals surface area contributed by atoms with E-state index in [1.165, 1.54) is 6.20 Å². The van der Waals surface area contributed by atoms with Crippen LogP contribution in [0.2, 0.25) is 0 Å². The fraction of sp³-hybridized carbons (Fsp3) is 0.429. The number of nitrogens with one attached hydrogen (secondary N) is 1. The minimum absolute atomic E-state index is 0.125. The molecule has 0 aliphatic heterocycles. The summed E-state index contributed by atoms with van der Waals surface area (Å²) in [5, 5.41) is 6.48. The van der Waals surface area contributed by atoms with Gasteiger partial charge in [-0.15, -0.1) is 0 Å². The van der Waals surface area contributed by atoms with Crippen LogP contribution in [0, 0.1) is 0 Å². The molecule has 21 heavy (non-hydrogen) atoms. The van der Waals surface area contributed by atoms with Gasteiger partial charge in [-0.25, -0.2) is 4.98 Å². The quantitative estimate of drug-likeness (QED) is 0.918. The standard InChI is InChI=1S/C14H16N4O3/c19-14(12-5-6-17-21-12)18-10-1-3-11(4-2-10)20-13-9-15-7-8-16-13/h5-11H,1-4H2,(H,18,19). The molecule has 2 aromatic rings. The van der Waals surface area contributed by atoms with Gasteiger partial charge in [0.15, 0.2) is 0 Å². The predicted octanol–water partition coefficient (Wildman–Crippen LogP) is 1.58. The van der Waals surface area contributed by atoms with Crippen molar-refractivity contribution in [2.45, 2.75) is 37.8 Å². The molecule has 7 heteroatoms. The summed E-state index contributed by atoms with van der Waals surface area (Å²) < 4.78 is 10.6. The monoisotopic (exact) mass is 288 g/mol. The lowest BCUT2D eigenvalue weighted by Gasteiger charge is -2.28. The maximum Gasteiger partial charge on any atom is 0.290 e. The van der Waals surface area contributed by atoms with Crippen molar-refractivity contribution >= 4 is 5.91 Å². The first-order valence-corrected chi connectivity index (χ1v) is 6.95. The molecule has 1 aliphatic carbocycles. The number of ether oxygens (including phenoxy) is 1. The normalized spacial score (nSPS) is 21.7. The van der Waals surface area contributed by atoms with E-state index in [0.29, 0.717) is 5.88 Å². The molecule has 3 rings (SSSR count). The number of hydrogen-bond acceptors (Lipinski definition) is 6. The van der Waals surface area contributed by atoms with Crippen molar-refractivity contribution < 1.29 is 14.1 Å². The van der Waals surface area contributed by atoms with E-state index < -0.39 is 0 Å². The summed E-state index contributed by atoms with van der Waals surface area (Å²) in [6.45, 7) is 0. The Balaban J connectivity index is 1.46. The first-order valence-electron chi connectivity index (χ1n) is 6.95. The number of carbonyl (C=O) groups is 1. The van der Waals surface area contributed by atoms with Crippen molar-refractivity contribution in [3.63, 3.8) is 0 Å². The third-order valence-corrected chi connectivity index (χ3v) is 3.50. The molecule has 1 saturated carbocycles. The number of amides is 1. The maximum atomic E-state index is 11.9. The second kappa shape index (κ2) is 6.34. The van der Waals surface area contributed by atoms with Gasteiger partial charge in [0.05, 0.1) is 12.4 Å². The van der Waals surface area contributed by atoms with Gasteiger partial charge in [0, 0.05) is 24.5 Å². The van der Waals surface area contributed by atoms with E-state index in [2.05, 4.69) is 20.4 Å². The van der Waals surface area contributed by atoms with Crippen LogP contribution in [-0.2, 0) is 0 Å². The van der Waals surface area contributed by atoms with Gasteiger partial charge in [-0.3, -0.25) is 9.78 Å². The smallest absolute Gasteiger partial charge is 0.290 e. The summed E-state index contributed by atoms with van der Waals surface area (Å²) in [6.07, 6.45) is 9.89. The molecule has 0 bridgehead atoms. The molecule has 1 amide bonds. The van der Waals surface area contributed by atoms with E-state index in [4.69, 9.17) is 9.26 Å². The lowest BCUT2D eigenvalue weighted by Crippen LogP contribution is -2.39. The van der Waals surface area contributed by atoms with Crippen molar-refractivity contribution in [3.05, 3.63) is 36.6 Å². The van der Waals surface area contributed by atoms with Gasteiger partial charge >= 0.3 is 0 Å². The highest BCUT2D eigenvalue weighted by Crippen LogP contribution is 2.22. The first-order chi connectivity index (χ1) is 10.3. The van der Waals surface area contributed by atoms with Gasteiger partial charge < -0.3 is 14.6 Å². The van der Waals surface area contributed by atoms with Gasteiger partial charge in [-0.2, -0.15) is 0 Å². The Morgan fingerprint density at radius 2 is 2.10 bits per heavy atom. The summed E-state index contributed by atoms with van der Waals surface area (Å²) >= 11 is 0. The summed E-state index contributed by atoms with van der Waals surface area (Å²) in [6, 6.07) is 1.70. The van der Waals surface area contributed by atoms with Crippen LogP contribution < -0.4 is 10.1 Å². The van der Waals surface area contributed by atoms with E-state index >= 15 is 0 Å². The van der Waals surface area contributed by atoms with Crippen LogP contribution in [0.1, 0.15) is 36.2 Å². The zero-order valence-electron chi connectivity index (χ0n) is 11.4. The number of nitrogens with zero attached hydrogens (tertiary/aromatic N) is 3. The molecular weight excluding hydrogens is 272 g/mol. The molecule has 0 unspecified atom stereocenters. The summed E-state index contributed by atoms with van der Waals surface area (Å²) in [5.41, 5.74) is 0. The molecular formula is C14H16N4O3. The van der Waals surface area contributed by atoms with Gasteiger partial charge in [0.25, 0.3) is 5.91 Å². The molecule has 1 aliphatic rings. The highest BCUT2D eigenvalue weighted by Gasteiger charge is 2.25. The Labute approximate surface area is 121 Å². The minimum atomic E-state index is -0.217. The molecule has 0 spiro atoms. The van der Waals surface area contributed by atoms with E-state index in [-0.39, 0.29) is 23.8 Å². The van der Waals surface area contributed by atoms with Crippen molar-refractivity contribution in [1.82, 2.24) is 20.4 Å². The molecule has 1 N–H and O–H groups in total. The van der Waals surface area contributed by atoms with Crippen molar-refractivity contribution in [3.8, 4) is 5.88 Å². The Kier molecular flexibility index (Phi) is 4.09. The van der Waals surface area contributed by atoms with Crippen LogP contribution in [0.5, 0.6) is 5.88 Å². The Morgan fingerprint density at radius 3 is 2.76 bits per heavy atom. The highest BCUT2D eigenvalue weighted by molar-refractivity contribution is 5.91. The molecule has 0 radical (unpaired) electrons. The largest absolute Gasteiger partial charge is 0.473 e. The fourth-order valence-corrected chi connectivity index (χ4v) is 2.43. The van der Waals surface area contributed by atoms with Gasteiger partial charge in [-0.1, -0.05) is 5.16 Å². The average molecular weight is 288 g/mol.